The first kappa shape index (κ1) is 24.8. The van der Waals surface area contributed by atoms with Crippen molar-refractivity contribution in [3.63, 3.8) is 0 Å². The van der Waals surface area contributed by atoms with E-state index in [1.54, 1.807) is 13.8 Å². The summed E-state index contributed by atoms with van der Waals surface area (Å²) in [6, 6.07) is 0. The Hall–Kier alpha value is -2.45. The smallest absolute Gasteiger partial charge is 0.333 e. The van der Waals surface area contributed by atoms with Gasteiger partial charge in [-0.3, -0.25) is 0 Å². The zero-order valence-corrected chi connectivity index (χ0v) is 14.7. The van der Waals surface area contributed by atoms with Crippen molar-refractivity contribution in [2.24, 2.45) is 0 Å². The first-order valence-corrected chi connectivity index (χ1v) is 7.38. The number of ether oxygens (including phenoxy) is 4. The number of rotatable bonds is 12. The van der Waals surface area contributed by atoms with Crippen LogP contribution in [0.15, 0.2) is 37.0 Å². The number of carbonyl (C=O) groups is 3. The van der Waals surface area contributed by atoms with Gasteiger partial charge in [0.15, 0.2) is 0 Å². The van der Waals surface area contributed by atoms with Crippen molar-refractivity contribution in [2.75, 3.05) is 39.6 Å². The van der Waals surface area contributed by atoms with Gasteiger partial charge >= 0.3 is 17.9 Å². The van der Waals surface area contributed by atoms with Crippen LogP contribution in [0.3, 0.4) is 0 Å². The second kappa shape index (κ2) is 16.4. The third-order valence-electron chi connectivity index (χ3n) is 2.17. The predicted octanol–water partition coefficient (Wildman–Crippen LogP) is 1.52. The maximum atomic E-state index is 11.0. The largest absolute Gasteiger partial charge is 0.478 e. The summed E-state index contributed by atoms with van der Waals surface area (Å²) in [6.45, 7) is 14.8. The van der Waals surface area contributed by atoms with Crippen LogP contribution in [-0.2, 0) is 33.3 Å². The highest BCUT2D eigenvalue weighted by atomic mass is 16.6. The molecule has 0 aromatic rings. The topological polar surface area (TPSA) is 108 Å². The zero-order chi connectivity index (χ0) is 19.7. The molecule has 0 heterocycles. The van der Waals surface area contributed by atoms with Crippen LogP contribution in [0.5, 0.6) is 0 Å². The summed E-state index contributed by atoms with van der Waals surface area (Å²) in [6.07, 6.45) is 0.833. The van der Waals surface area contributed by atoms with Crippen LogP contribution < -0.4 is 0 Å². The van der Waals surface area contributed by atoms with Gasteiger partial charge in [-0.2, -0.15) is 0 Å². The molecule has 142 valence electrons. The van der Waals surface area contributed by atoms with Gasteiger partial charge in [0.2, 0.25) is 0 Å². The summed E-state index contributed by atoms with van der Waals surface area (Å²) in [5, 5.41) is 7.60. The Balaban J connectivity index is 0. The third kappa shape index (κ3) is 19.5. The maximum Gasteiger partial charge on any atom is 0.333 e. The Bertz CT molecular complexity index is 433. The van der Waals surface area contributed by atoms with E-state index in [0.29, 0.717) is 37.6 Å². The fourth-order valence-corrected chi connectivity index (χ4v) is 0.955. The first-order chi connectivity index (χ1) is 11.7. The highest BCUT2D eigenvalue weighted by Crippen LogP contribution is 1.92. The molecule has 0 saturated heterocycles. The summed E-state index contributed by atoms with van der Waals surface area (Å²) in [5.41, 5.74) is 0.718. The van der Waals surface area contributed by atoms with Crippen LogP contribution in [-0.4, -0.2) is 62.7 Å². The molecule has 0 aliphatic rings. The Kier molecular flexibility index (Phi) is 16.3. The molecule has 0 saturated carbocycles. The number of carboxylic acids is 1. The van der Waals surface area contributed by atoms with E-state index in [-0.39, 0.29) is 13.2 Å². The van der Waals surface area contributed by atoms with Crippen molar-refractivity contribution in [3.05, 3.63) is 37.0 Å². The molecular weight excluding hydrogens is 332 g/mol. The van der Waals surface area contributed by atoms with E-state index >= 15 is 0 Å². The standard InChI is InChI=1S/C14H22O6.C3H4O2/c1-11(2)13(15)19-9-7-17-5-6-18-8-10-20-14(16)12(3)4;1-2-3(4)5/h1,3,5-10H2,2,4H3;2H,1H2,(H,4,5). The molecule has 0 aromatic carbocycles. The van der Waals surface area contributed by atoms with Crippen molar-refractivity contribution in [1.29, 1.82) is 0 Å². The molecule has 0 spiro atoms. The van der Waals surface area contributed by atoms with Crippen molar-refractivity contribution >= 4 is 17.9 Å². The lowest BCUT2D eigenvalue weighted by molar-refractivity contribution is -0.142. The predicted molar refractivity (Wildman–Crippen MR) is 91.0 cm³/mol. The molecule has 0 amide bonds. The van der Waals surface area contributed by atoms with E-state index in [1.165, 1.54) is 0 Å². The molecule has 0 bridgehead atoms. The summed E-state index contributed by atoms with van der Waals surface area (Å²) < 4.78 is 20.0. The van der Waals surface area contributed by atoms with E-state index in [9.17, 15) is 14.4 Å². The average molecular weight is 358 g/mol. The number of aliphatic carboxylic acids is 1. The minimum atomic E-state index is -0.981. The minimum absolute atomic E-state index is 0.182. The number of esters is 2. The molecule has 1 N–H and O–H groups in total. The average Bonchev–Trinajstić information content (AvgIpc) is 2.56. The molecule has 0 aromatic heterocycles. The van der Waals surface area contributed by atoms with E-state index in [2.05, 4.69) is 19.7 Å². The van der Waals surface area contributed by atoms with Gasteiger partial charge in [0.05, 0.1) is 26.4 Å². The van der Waals surface area contributed by atoms with Gasteiger partial charge in [-0.15, -0.1) is 0 Å². The molecular formula is C17H26O8. The molecule has 0 aliphatic heterocycles. The van der Waals surface area contributed by atoms with Crippen LogP contribution in [0.2, 0.25) is 0 Å². The summed E-state index contributed by atoms with van der Waals surface area (Å²) in [7, 11) is 0. The first-order valence-electron chi connectivity index (χ1n) is 7.38. The van der Waals surface area contributed by atoms with Gasteiger partial charge in [0.25, 0.3) is 0 Å². The fourth-order valence-electron chi connectivity index (χ4n) is 0.955. The van der Waals surface area contributed by atoms with Gasteiger partial charge in [-0.25, -0.2) is 14.4 Å². The minimum Gasteiger partial charge on any atom is -0.478 e. The third-order valence-corrected chi connectivity index (χ3v) is 2.17. The normalized spacial score (nSPS) is 9.20. The lowest BCUT2D eigenvalue weighted by Gasteiger charge is -2.07. The molecule has 8 heteroatoms. The maximum absolute atomic E-state index is 11.0. The number of carbonyl (C=O) groups excluding carboxylic acids is 2. The Morgan fingerprint density at radius 3 is 1.32 bits per heavy atom. The molecule has 0 rings (SSSR count). The van der Waals surface area contributed by atoms with Crippen molar-refractivity contribution in [3.8, 4) is 0 Å². The quantitative estimate of drug-likeness (QED) is 0.318. The molecule has 0 unspecified atom stereocenters. The van der Waals surface area contributed by atoms with Crippen LogP contribution in [0.25, 0.3) is 0 Å². The Morgan fingerprint density at radius 1 is 0.800 bits per heavy atom. The fraction of sp³-hybridized carbons (Fsp3) is 0.471. The SMILES string of the molecule is C=C(C)C(=O)OCCOCCOCCOC(=O)C(=C)C.C=CC(=O)O. The van der Waals surface area contributed by atoms with Crippen LogP contribution in [0, 0.1) is 0 Å². The van der Waals surface area contributed by atoms with Crippen molar-refractivity contribution < 1.29 is 38.4 Å². The molecule has 8 nitrogen and oxygen atoms in total. The highest BCUT2D eigenvalue weighted by molar-refractivity contribution is 5.87. The Morgan fingerprint density at radius 2 is 1.08 bits per heavy atom. The van der Waals surface area contributed by atoms with Gasteiger partial charge in [0, 0.05) is 17.2 Å². The van der Waals surface area contributed by atoms with E-state index in [0.717, 1.165) is 6.08 Å². The number of hydrogen-bond acceptors (Lipinski definition) is 7. The molecule has 0 fully saturated rings. The Labute approximate surface area is 147 Å². The molecule has 25 heavy (non-hydrogen) atoms. The van der Waals surface area contributed by atoms with E-state index < -0.39 is 17.9 Å². The highest BCUT2D eigenvalue weighted by Gasteiger charge is 2.03. The van der Waals surface area contributed by atoms with Gasteiger partial charge in [-0.1, -0.05) is 19.7 Å². The second-order valence-corrected chi connectivity index (χ2v) is 4.60. The second-order valence-electron chi connectivity index (χ2n) is 4.60. The van der Waals surface area contributed by atoms with E-state index in [4.69, 9.17) is 24.1 Å². The lowest BCUT2D eigenvalue weighted by atomic mass is 10.4. The van der Waals surface area contributed by atoms with Crippen molar-refractivity contribution in [2.45, 2.75) is 13.8 Å². The number of carboxylic acid groups (broad SMARTS) is 1. The van der Waals surface area contributed by atoms with Gasteiger partial charge < -0.3 is 24.1 Å². The number of hydrogen-bond donors (Lipinski definition) is 1. The molecule has 0 aliphatic carbocycles. The van der Waals surface area contributed by atoms with Crippen LogP contribution in [0.4, 0.5) is 0 Å². The van der Waals surface area contributed by atoms with Crippen molar-refractivity contribution in [1.82, 2.24) is 0 Å². The van der Waals surface area contributed by atoms with Gasteiger partial charge in [-0.05, 0) is 13.8 Å². The van der Waals surface area contributed by atoms with Gasteiger partial charge in [0.1, 0.15) is 13.2 Å². The van der Waals surface area contributed by atoms with E-state index in [1.807, 2.05) is 0 Å². The summed E-state index contributed by atoms with van der Waals surface area (Å²) >= 11 is 0. The van der Waals surface area contributed by atoms with Crippen LogP contribution in [0.1, 0.15) is 13.8 Å². The summed E-state index contributed by atoms with van der Waals surface area (Å²) in [4.78, 5) is 31.3. The zero-order valence-electron chi connectivity index (χ0n) is 14.7. The monoisotopic (exact) mass is 358 g/mol. The van der Waals surface area contributed by atoms with Crippen LogP contribution >= 0.6 is 0 Å². The molecule has 0 atom stereocenters. The lowest BCUT2D eigenvalue weighted by Crippen LogP contribution is -2.15. The summed E-state index contributed by atoms with van der Waals surface area (Å²) in [5.74, 6) is -1.83. The molecule has 0 radical (unpaired) electrons.